The number of benzene rings is 1. The predicted molar refractivity (Wildman–Crippen MR) is 68.6 cm³/mol. The Morgan fingerprint density at radius 2 is 1.94 bits per heavy atom. The summed E-state index contributed by atoms with van der Waals surface area (Å²) in [4.78, 5) is 22.3. The third-order valence-corrected chi connectivity index (χ3v) is 3.07. The van der Waals surface area contributed by atoms with Gasteiger partial charge in [0.15, 0.2) is 5.78 Å². The predicted octanol–water partition coefficient (Wildman–Crippen LogP) is 2.79. The Morgan fingerprint density at radius 3 is 2.44 bits per heavy atom. The van der Waals surface area contributed by atoms with Crippen molar-refractivity contribution >= 4 is 23.4 Å². The van der Waals surface area contributed by atoms with Gasteiger partial charge < -0.3 is 9.84 Å². The van der Waals surface area contributed by atoms with Gasteiger partial charge in [0.2, 0.25) is 0 Å². The number of allylic oxidation sites excluding steroid dienone is 1. The molecule has 0 saturated heterocycles. The molecule has 0 aliphatic carbocycles. The molecule has 1 aromatic carbocycles. The van der Waals surface area contributed by atoms with Crippen LogP contribution in [0.25, 0.3) is 0 Å². The number of carboxylic acids is 1. The molecule has 18 heavy (non-hydrogen) atoms. The Hall–Kier alpha value is -1.81. The van der Waals surface area contributed by atoms with E-state index in [0.717, 1.165) is 17.7 Å². The molecule has 0 aliphatic heterocycles. The van der Waals surface area contributed by atoms with Crippen LogP contribution < -0.4 is 4.74 Å². The smallest absolute Gasteiger partial charge is 0.328 e. The minimum atomic E-state index is -1.18. The minimum absolute atomic E-state index is 0.283. The normalized spacial score (nSPS) is 10.7. The number of hydrogen-bond acceptors (Lipinski definition) is 3. The Kier molecular flexibility index (Phi) is 4.50. The van der Waals surface area contributed by atoms with Crippen LogP contribution in [0, 0.1) is 13.8 Å². The SMILES string of the molecule is COc1cc(C)c(Cl)c(C)c1C(=O)/C=C/C(=O)O. The molecule has 0 aromatic heterocycles. The van der Waals surface area contributed by atoms with E-state index in [4.69, 9.17) is 21.4 Å². The number of ether oxygens (including phenoxy) is 1. The van der Waals surface area contributed by atoms with Crippen LogP contribution in [0.1, 0.15) is 21.5 Å². The molecule has 0 spiro atoms. The lowest BCUT2D eigenvalue weighted by Crippen LogP contribution is -2.04. The second kappa shape index (κ2) is 5.69. The Bertz CT molecular complexity index is 532. The van der Waals surface area contributed by atoms with Crippen molar-refractivity contribution in [3.8, 4) is 5.75 Å². The second-order valence-corrected chi connectivity index (χ2v) is 4.12. The van der Waals surface area contributed by atoms with Crippen LogP contribution in [-0.2, 0) is 4.79 Å². The number of carbonyl (C=O) groups excluding carboxylic acids is 1. The molecule has 5 heteroatoms. The first-order valence-electron chi connectivity index (χ1n) is 5.17. The highest BCUT2D eigenvalue weighted by molar-refractivity contribution is 6.33. The van der Waals surface area contributed by atoms with E-state index in [0.29, 0.717) is 16.3 Å². The molecule has 4 nitrogen and oxygen atoms in total. The molecule has 0 saturated carbocycles. The van der Waals surface area contributed by atoms with Crippen LogP contribution in [0.5, 0.6) is 5.75 Å². The summed E-state index contributed by atoms with van der Waals surface area (Å²) in [6.45, 7) is 3.50. The molecule has 1 rings (SSSR count). The fraction of sp³-hybridized carbons (Fsp3) is 0.231. The molecule has 0 atom stereocenters. The lowest BCUT2D eigenvalue weighted by molar-refractivity contribution is -0.131. The maximum absolute atomic E-state index is 11.9. The molecule has 0 radical (unpaired) electrons. The summed E-state index contributed by atoms with van der Waals surface area (Å²) in [5, 5.41) is 8.98. The molecule has 1 N–H and O–H groups in total. The summed E-state index contributed by atoms with van der Waals surface area (Å²) >= 11 is 6.07. The van der Waals surface area contributed by atoms with Crippen molar-refractivity contribution in [2.45, 2.75) is 13.8 Å². The van der Waals surface area contributed by atoms with Gasteiger partial charge >= 0.3 is 5.97 Å². The number of carboxylic acid groups (broad SMARTS) is 1. The van der Waals surface area contributed by atoms with Gasteiger partial charge in [0.05, 0.1) is 12.7 Å². The molecule has 96 valence electrons. The molecule has 0 unspecified atom stereocenters. The van der Waals surface area contributed by atoms with E-state index >= 15 is 0 Å². The van der Waals surface area contributed by atoms with Crippen molar-refractivity contribution in [3.05, 3.63) is 39.9 Å². The third-order valence-electron chi connectivity index (χ3n) is 2.49. The zero-order valence-electron chi connectivity index (χ0n) is 10.3. The maximum atomic E-state index is 11.9. The maximum Gasteiger partial charge on any atom is 0.328 e. The van der Waals surface area contributed by atoms with Crippen molar-refractivity contribution < 1.29 is 19.4 Å². The summed E-state index contributed by atoms with van der Waals surface area (Å²) in [7, 11) is 1.44. The van der Waals surface area contributed by atoms with Crippen molar-refractivity contribution in [1.82, 2.24) is 0 Å². The minimum Gasteiger partial charge on any atom is -0.496 e. The lowest BCUT2D eigenvalue weighted by Gasteiger charge is -2.12. The average molecular weight is 269 g/mol. The summed E-state index contributed by atoms with van der Waals surface area (Å²) < 4.78 is 5.13. The van der Waals surface area contributed by atoms with Crippen molar-refractivity contribution in [1.29, 1.82) is 0 Å². The van der Waals surface area contributed by atoms with E-state index in [1.54, 1.807) is 19.9 Å². The van der Waals surface area contributed by atoms with Crippen molar-refractivity contribution in [2.24, 2.45) is 0 Å². The van der Waals surface area contributed by atoms with Gasteiger partial charge in [0.1, 0.15) is 5.75 Å². The number of rotatable bonds is 4. The van der Waals surface area contributed by atoms with Gasteiger partial charge in [-0.25, -0.2) is 4.79 Å². The number of methoxy groups -OCH3 is 1. The van der Waals surface area contributed by atoms with Crippen molar-refractivity contribution in [3.63, 3.8) is 0 Å². The first-order chi connectivity index (χ1) is 8.38. The molecule has 0 amide bonds. The van der Waals surface area contributed by atoms with E-state index in [9.17, 15) is 9.59 Å². The van der Waals surface area contributed by atoms with Crippen LogP contribution in [0.3, 0.4) is 0 Å². The highest BCUT2D eigenvalue weighted by atomic mass is 35.5. The fourth-order valence-corrected chi connectivity index (χ4v) is 1.77. The number of aliphatic carboxylic acids is 1. The summed E-state index contributed by atoms with van der Waals surface area (Å²) in [6.07, 6.45) is 1.77. The quantitative estimate of drug-likeness (QED) is 0.674. The van der Waals surface area contributed by atoms with Gasteiger partial charge in [-0.05, 0) is 37.1 Å². The Labute approximate surface area is 110 Å². The molecule has 0 heterocycles. The van der Waals surface area contributed by atoms with E-state index in [1.165, 1.54) is 7.11 Å². The highest BCUT2D eigenvalue weighted by Gasteiger charge is 2.17. The molecule has 0 fully saturated rings. The first kappa shape index (κ1) is 14.3. The van der Waals surface area contributed by atoms with Crippen LogP contribution in [-0.4, -0.2) is 24.0 Å². The summed E-state index contributed by atoms with van der Waals surface area (Å²) in [5.41, 5.74) is 1.66. The van der Waals surface area contributed by atoms with Gasteiger partial charge in [0, 0.05) is 11.1 Å². The number of carbonyl (C=O) groups is 2. The van der Waals surface area contributed by atoms with Crippen LogP contribution >= 0.6 is 11.6 Å². The standard InChI is InChI=1S/C13H13ClO4/c1-7-6-10(18-3)12(8(2)13(7)14)9(15)4-5-11(16)17/h4-6H,1-3H3,(H,16,17)/b5-4+. The fourth-order valence-electron chi connectivity index (χ4n) is 1.62. The highest BCUT2D eigenvalue weighted by Crippen LogP contribution is 2.32. The zero-order valence-corrected chi connectivity index (χ0v) is 11.0. The zero-order chi connectivity index (χ0) is 13.9. The molecule has 0 aliphatic rings. The molecule has 0 bridgehead atoms. The van der Waals surface area contributed by atoms with Gasteiger partial charge in [-0.15, -0.1) is 0 Å². The Morgan fingerprint density at radius 1 is 1.33 bits per heavy atom. The number of halogens is 1. The molecular weight excluding hydrogens is 256 g/mol. The van der Waals surface area contributed by atoms with Gasteiger partial charge in [-0.3, -0.25) is 4.79 Å². The monoisotopic (exact) mass is 268 g/mol. The lowest BCUT2D eigenvalue weighted by atomic mass is 10.00. The first-order valence-corrected chi connectivity index (χ1v) is 5.55. The number of aryl methyl sites for hydroxylation is 1. The van der Waals surface area contributed by atoms with E-state index < -0.39 is 11.8 Å². The van der Waals surface area contributed by atoms with E-state index in [-0.39, 0.29) is 5.56 Å². The number of hydrogen-bond donors (Lipinski definition) is 1. The van der Waals surface area contributed by atoms with E-state index in [1.807, 2.05) is 0 Å². The Balaban J connectivity index is 3.35. The third kappa shape index (κ3) is 2.90. The van der Waals surface area contributed by atoms with Crippen molar-refractivity contribution in [2.75, 3.05) is 7.11 Å². The largest absolute Gasteiger partial charge is 0.496 e. The van der Waals surface area contributed by atoms with E-state index in [2.05, 4.69) is 0 Å². The molecule has 1 aromatic rings. The summed E-state index contributed by atoms with van der Waals surface area (Å²) in [5.74, 6) is -1.25. The van der Waals surface area contributed by atoms with Crippen LogP contribution in [0.4, 0.5) is 0 Å². The topological polar surface area (TPSA) is 63.6 Å². The summed E-state index contributed by atoms with van der Waals surface area (Å²) in [6, 6.07) is 1.65. The second-order valence-electron chi connectivity index (χ2n) is 3.75. The number of ketones is 1. The average Bonchev–Trinajstić information content (AvgIpc) is 2.32. The molecular formula is C13H13ClO4. The van der Waals surface area contributed by atoms with Gasteiger partial charge in [-0.1, -0.05) is 11.6 Å². The van der Waals surface area contributed by atoms with Gasteiger partial charge in [-0.2, -0.15) is 0 Å². The van der Waals surface area contributed by atoms with Gasteiger partial charge in [0.25, 0.3) is 0 Å². The van der Waals surface area contributed by atoms with Crippen LogP contribution in [0.15, 0.2) is 18.2 Å². The van der Waals surface area contributed by atoms with Crippen LogP contribution in [0.2, 0.25) is 5.02 Å².